The van der Waals surface area contributed by atoms with Crippen molar-refractivity contribution in [2.24, 2.45) is 0 Å². The van der Waals surface area contributed by atoms with Gasteiger partial charge in [-0.25, -0.2) is 0 Å². The van der Waals surface area contributed by atoms with Gasteiger partial charge in [-0.15, -0.1) is 0 Å². The van der Waals surface area contributed by atoms with Crippen LogP contribution in [0.1, 0.15) is 34.1 Å². The Morgan fingerprint density at radius 2 is 1.42 bits per heavy atom. The van der Waals surface area contributed by atoms with Crippen LogP contribution in [0.4, 0.5) is 5.69 Å². The summed E-state index contributed by atoms with van der Waals surface area (Å²) in [5, 5.41) is 0.950. The number of anilines is 1. The summed E-state index contributed by atoms with van der Waals surface area (Å²) in [6.45, 7) is 1.11. The van der Waals surface area contributed by atoms with Gasteiger partial charge >= 0.3 is 5.97 Å². The molecule has 0 heterocycles. The van der Waals surface area contributed by atoms with Gasteiger partial charge in [-0.05, 0) is 91.0 Å². The first-order chi connectivity index (χ1) is 11.1. The van der Waals surface area contributed by atoms with E-state index in [0.29, 0.717) is 10.7 Å². The number of carbonyl (C=O) groups excluding carboxylic acids is 4. The Morgan fingerprint density at radius 1 is 0.958 bits per heavy atom. The van der Waals surface area contributed by atoms with Gasteiger partial charge in [0.05, 0.1) is 24.0 Å². The molecule has 0 aromatic heterocycles. The van der Waals surface area contributed by atoms with E-state index in [1.807, 2.05) is 45.2 Å². The fraction of sp³-hybridized carbons (Fsp3) is 0.231. The number of carbonyl (C=O) groups is 4. The standard InChI is InChI=1S/C13H8Cl2I3NO5/c1-2-5(21)24-3-4(20)19-11-9(17)6(12(14)22)8(16)7(10(11)18)13(15)23/h2-3H2,1H3,(H,19,20). The van der Waals surface area contributed by atoms with Crippen molar-refractivity contribution >= 4 is 119 Å². The molecule has 1 aromatic carbocycles. The van der Waals surface area contributed by atoms with Crippen molar-refractivity contribution in [2.75, 3.05) is 11.9 Å². The number of benzene rings is 1. The molecule has 1 aromatic rings. The van der Waals surface area contributed by atoms with Gasteiger partial charge in [0.1, 0.15) is 0 Å². The second kappa shape index (κ2) is 9.83. The smallest absolute Gasteiger partial charge is 0.306 e. The van der Waals surface area contributed by atoms with Crippen LogP contribution in [0.2, 0.25) is 0 Å². The predicted molar refractivity (Wildman–Crippen MR) is 115 cm³/mol. The van der Waals surface area contributed by atoms with Crippen LogP contribution in [0.15, 0.2) is 0 Å². The van der Waals surface area contributed by atoms with Gasteiger partial charge in [-0.3, -0.25) is 19.2 Å². The van der Waals surface area contributed by atoms with Crippen LogP contribution < -0.4 is 5.32 Å². The second-order valence-corrected chi connectivity index (χ2v) is 8.10. The highest BCUT2D eigenvalue weighted by Crippen LogP contribution is 2.37. The number of ether oxygens (including phenoxy) is 1. The van der Waals surface area contributed by atoms with Crippen molar-refractivity contribution in [3.8, 4) is 0 Å². The molecule has 6 nitrogen and oxygen atoms in total. The highest BCUT2D eigenvalue weighted by Gasteiger charge is 2.27. The SMILES string of the molecule is CCC(=O)OCC(=O)Nc1c(I)c(C(=O)Cl)c(I)c(C(=O)Cl)c1I. The lowest BCUT2D eigenvalue weighted by Gasteiger charge is -2.16. The van der Waals surface area contributed by atoms with E-state index in [-0.39, 0.29) is 23.2 Å². The summed E-state index contributed by atoms with van der Waals surface area (Å²) in [4.78, 5) is 46.4. The van der Waals surface area contributed by atoms with Crippen LogP contribution in [-0.4, -0.2) is 29.0 Å². The van der Waals surface area contributed by atoms with Gasteiger partial charge in [0.25, 0.3) is 16.4 Å². The Morgan fingerprint density at radius 3 is 1.79 bits per heavy atom. The summed E-state index contributed by atoms with van der Waals surface area (Å²) in [6.07, 6.45) is 0.141. The van der Waals surface area contributed by atoms with Crippen molar-refractivity contribution in [1.82, 2.24) is 0 Å². The molecule has 0 aliphatic carbocycles. The zero-order chi connectivity index (χ0) is 18.6. The van der Waals surface area contributed by atoms with Crippen molar-refractivity contribution in [1.29, 1.82) is 0 Å². The molecule has 1 N–H and O–H groups in total. The first-order valence-electron chi connectivity index (χ1n) is 6.17. The minimum absolute atomic E-state index is 0.0723. The number of amides is 1. The topological polar surface area (TPSA) is 89.5 Å². The lowest BCUT2D eigenvalue weighted by atomic mass is 10.1. The predicted octanol–water partition coefficient (Wildman–Crippen LogP) is 4.15. The number of halogens is 5. The van der Waals surface area contributed by atoms with Gasteiger partial charge in [-0.2, -0.15) is 0 Å². The zero-order valence-corrected chi connectivity index (χ0v) is 19.8. The monoisotopic (exact) mass is 709 g/mol. The minimum atomic E-state index is -0.785. The van der Waals surface area contributed by atoms with Crippen molar-refractivity contribution in [3.05, 3.63) is 21.8 Å². The molecule has 1 rings (SSSR count). The fourth-order valence-corrected chi connectivity index (χ4v) is 6.97. The molecule has 0 atom stereocenters. The molecular formula is C13H8Cl2I3NO5. The summed E-state index contributed by atoms with van der Waals surface area (Å²) in [5.41, 5.74) is 0.355. The zero-order valence-electron chi connectivity index (χ0n) is 11.8. The first kappa shape index (κ1) is 22.3. The molecule has 0 spiro atoms. The number of esters is 1. The lowest BCUT2D eigenvalue weighted by Crippen LogP contribution is -2.23. The number of hydrogen-bond donors (Lipinski definition) is 1. The van der Waals surface area contributed by atoms with Crippen molar-refractivity contribution < 1.29 is 23.9 Å². The summed E-state index contributed by atoms with van der Waals surface area (Å²) in [5.74, 6) is -1.14. The van der Waals surface area contributed by atoms with E-state index in [0.717, 1.165) is 0 Å². The summed E-state index contributed by atoms with van der Waals surface area (Å²) in [6, 6.07) is 0. The molecule has 0 aliphatic rings. The third-order valence-electron chi connectivity index (χ3n) is 2.63. The summed E-state index contributed by atoms with van der Waals surface area (Å²) >= 11 is 16.6. The lowest BCUT2D eigenvalue weighted by molar-refractivity contribution is -0.146. The van der Waals surface area contributed by atoms with Gasteiger partial charge in [0, 0.05) is 9.99 Å². The maximum absolute atomic E-state index is 12.0. The minimum Gasteiger partial charge on any atom is -0.456 e. The van der Waals surface area contributed by atoms with Crippen LogP contribution in [0.5, 0.6) is 0 Å². The third kappa shape index (κ3) is 5.38. The van der Waals surface area contributed by atoms with Crippen LogP contribution >= 0.6 is 91.0 Å². The molecule has 0 saturated carbocycles. The average molecular weight is 710 g/mol. The molecule has 0 unspecified atom stereocenters. The van der Waals surface area contributed by atoms with Crippen LogP contribution in [0, 0.1) is 10.7 Å². The highest BCUT2D eigenvalue weighted by atomic mass is 127. The Hall–Kier alpha value is 0.270. The van der Waals surface area contributed by atoms with Crippen molar-refractivity contribution in [3.63, 3.8) is 0 Å². The largest absolute Gasteiger partial charge is 0.456 e. The maximum Gasteiger partial charge on any atom is 0.306 e. The Bertz CT molecular complexity index is 698. The molecule has 0 radical (unpaired) electrons. The molecule has 1 amide bonds. The molecule has 11 heteroatoms. The molecule has 0 fully saturated rings. The van der Waals surface area contributed by atoms with E-state index in [2.05, 4.69) is 5.32 Å². The third-order valence-corrected chi connectivity index (χ3v) is 6.24. The average Bonchev–Trinajstić information content (AvgIpc) is 2.48. The van der Waals surface area contributed by atoms with E-state index >= 15 is 0 Å². The van der Waals surface area contributed by atoms with Gasteiger partial charge in [0.2, 0.25) is 0 Å². The summed E-state index contributed by atoms with van der Waals surface area (Å²) < 4.78 is 5.76. The van der Waals surface area contributed by atoms with Gasteiger partial charge < -0.3 is 10.1 Å². The molecule has 130 valence electrons. The second-order valence-electron chi connectivity index (χ2n) is 4.18. The number of nitrogens with one attached hydrogen (secondary N) is 1. The van der Waals surface area contributed by atoms with Gasteiger partial charge in [0.15, 0.2) is 6.61 Å². The van der Waals surface area contributed by atoms with Gasteiger partial charge in [-0.1, -0.05) is 6.92 Å². The van der Waals surface area contributed by atoms with Crippen LogP contribution in [0.3, 0.4) is 0 Å². The van der Waals surface area contributed by atoms with E-state index in [9.17, 15) is 19.2 Å². The van der Waals surface area contributed by atoms with E-state index in [1.54, 1.807) is 29.5 Å². The molecular weight excluding hydrogens is 702 g/mol. The first-order valence-corrected chi connectivity index (χ1v) is 10.2. The maximum atomic E-state index is 12.0. The molecule has 0 saturated heterocycles. The quantitative estimate of drug-likeness (QED) is 0.273. The molecule has 0 bridgehead atoms. The normalized spacial score (nSPS) is 10.2. The Kier molecular flexibility index (Phi) is 9.14. The highest BCUT2D eigenvalue weighted by molar-refractivity contribution is 14.1. The van der Waals surface area contributed by atoms with Crippen LogP contribution in [0.25, 0.3) is 0 Å². The summed E-state index contributed by atoms with van der Waals surface area (Å²) in [7, 11) is 0. The van der Waals surface area contributed by atoms with Crippen LogP contribution in [-0.2, 0) is 14.3 Å². The van der Waals surface area contributed by atoms with Crippen molar-refractivity contribution in [2.45, 2.75) is 13.3 Å². The van der Waals surface area contributed by atoms with E-state index in [1.165, 1.54) is 0 Å². The Balaban J connectivity index is 3.32. The number of rotatable bonds is 6. The molecule has 24 heavy (non-hydrogen) atoms. The Labute approximate surface area is 188 Å². The number of hydrogen-bond acceptors (Lipinski definition) is 5. The van der Waals surface area contributed by atoms with E-state index < -0.39 is 29.0 Å². The van der Waals surface area contributed by atoms with E-state index in [4.69, 9.17) is 27.9 Å². The molecule has 0 aliphatic heterocycles. The fourth-order valence-electron chi connectivity index (χ4n) is 1.54.